The number of carboxylic acid groups (broad SMARTS) is 1. The molecule has 0 aliphatic rings. The third-order valence-corrected chi connectivity index (χ3v) is 13.0. The number of ether oxygens (including phenoxy) is 4. The van der Waals surface area contributed by atoms with E-state index in [1.165, 1.54) is 116 Å². The molecule has 1 N–H and O–H groups in total. The number of likely N-dealkylation sites (N-methyl/N-ethyl adjacent to an activating group) is 1. The van der Waals surface area contributed by atoms with E-state index >= 15 is 0 Å². The molecule has 0 aliphatic heterocycles. The second kappa shape index (κ2) is 58.1. The molecule has 0 amide bonds. The van der Waals surface area contributed by atoms with E-state index in [9.17, 15) is 19.5 Å². The van der Waals surface area contributed by atoms with Crippen molar-refractivity contribution in [1.82, 2.24) is 0 Å². The average Bonchev–Trinajstić information content (AvgIpc) is 3.40. The van der Waals surface area contributed by atoms with Crippen molar-refractivity contribution in [1.29, 1.82) is 0 Å². The summed E-state index contributed by atoms with van der Waals surface area (Å²) in [7, 11) is 5.95. The molecule has 440 valence electrons. The number of carbonyl (C=O) groups is 3. The van der Waals surface area contributed by atoms with Gasteiger partial charge in [-0.3, -0.25) is 9.59 Å². The van der Waals surface area contributed by atoms with E-state index in [0.717, 1.165) is 96.3 Å². The van der Waals surface area contributed by atoms with Crippen LogP contribution in [0.5, 0.6) is 0 Å². The lowest BCUT2D eigenvalue weighted by molar-refractivity contribution is -0.870. The summed E-state index contributed by atoms with van der Waals surface area (Å²) in [5, 5.41) is 9.72. The van der Waals surface area contributed by atoms with Crippen molar-refractivity contribution >= 4 is 17.9 Å². The largest absolute Gasteiger partial charge is 0.477 e. The van der Waals surface area contributed by atoms with Crippen LogP contribution in [0.25, 0.3) is 0 Å². The quantitative estimate of drug-likeness (QED) is 0.0211. The van der Waals surface area contributed by atoms with Gasteiger partial charge in [-0.1, -0.05) is 258 Å². The Morgan fingerprint density at radius 2 is 0.740 bits per heavy atom. The van der Waals surface area contributed by atoms with Gasteiger partial charge >= 0.3 is 17.9 Å². The summed E-state index contributed by atoms with van der Waals surface area (Å²) >= 11 is 0. The summed E-state index contributed by atoms with van der Waals surface area (Å²) < 4.78 is 22.9. The maximum absolute atomic E-state index is 12.9. The fraction of sp³-hybridized carbons (Fsp3) is 0.691. The fourth-order valence-corrected chi connectivity index (χ4v) is 8.30. The van der Waals surface area contributed by atoms with Gasteiger partial charge < -0.3 is 28.5 Å². The number of carboxylic acids is 1. The molecule has 2 unspecified atom stereocenters. The molecular weight excluding hydrogens is 959 g/mol. The van der Waals surface area contributed by atoms with Crippen LogP contribution in [0.4, 0.5) is 0 Å². The number of rotatable bonds is 56. The highest BCUT2D eigenvalue weighted by atomic mass is 16.7. The van der Waals surface area contributed by atoms with Gasteiger partial charge in [0, 0.05) is 12.8 Å². The van der Waals surface area contributed by atoms with Crippen molar-refractivity contribution in [2.24, 2.45) is 0 Å². The zero-order valence-electron chi connectivity index (χ0n) is 50.1. The van der Waals surface area contributed by atoms with Crippen molar-refractivity contribution < 1.29 is 42.9 Å². The number of hydrogen-bond acceptors (Lipinski definition) is 7. The first-order valence-electron chi connectivity index (χ1n) is 31.1. The van der Waals surface area contributed by atoms with E-state index in [2.05, 4.69) is 123 Å². The van der Waals surface area contributed by atoms with Gasteiger partial charge in [-0.25, -0.2) is 4.79 Å². The Morgan fingerprint density at radius 1 is 0.403 bits per heavy atom. The minimum atomic E-state index is -1.53. The third-order valence-electron chi connectivity index (χ3n) is 13.0. The lowest BCUT2D eigenvalue weighted by Crippen LogP contribution is -2.40. The molecule has 0 aromatic rings. The van der Waals surface area contributed by atoms with Gasteiger partial charge in [-0.05, 0) is 83.5 Å². The van der Waals surface area contributed by atoms with E-state index in [-0.39, 0.29) is 32.2 Å². The lowest BCUT2D eigenvalue weighted by atomic mass is 10.0. The third kappa shape index (κ3) is 59.5. The van der Waals surface area contributed by atoms with Gasteiger partial charge in [0.25, 0.3) is 6.29 Å². The number of hydrogen-bond donors (Lipinski definition) is 1. The molecule has 9 nitrogen and oxygen atoms in total. The molecule has 0 rings (SSSR count). The topological polar surface area (TPSA) is 108 Å². The van der Waals surface area contributed by atoms with E-state index in [4.69, 9.17) is 18.9 Å². The van der Waals surface area contributed by atoms with Crippen LogP contribution < -0.4 is 0 Å². The number of allylic oxidation sites excluding steroid dienone is 18. The Morgan fingerprint density at radius 3 is 1.10 bits per heavy atom. The highest BCUT2D eigenvalue weighted by Crippen LogP contribution is 2.16. The van der Waals surface area contributed by atoms with Crippen molar-refractivity contribution in [2.75, 3.05) is 47.5 Å². The highest BCUT2D eigenvalue weighted by Gasteiger charge is 2.25. The van der Waals surface area contributed by atoms with Crippen LogP contribution in [-0.2, 0) is 33.3 Å². The molecule has 77 heavy (non-hydrogen) atoms. The SMILES string of the molecule is CC/C=C\C/C=C\C/C=C\C/C=C\C/C=C\C/C=C\C/C=C\C/C=C\C/C=C\CCCCCC(=O)OC(COC(=O)CCCCCCCCCCCCCCCCCCCCCCC)COC(OCC[N+](C)(C)C)C(=O)O. The average molecular weight is 1080 g/mol. The Balaban J connectivity index is 4.31. The van der Waals surface area contributed by atoms with Crippen molar-refractivity contribution in [3.63, 3.8) is 0 Å². The number of unbranched alkanes of at least 4 members (excludes halogenated alkanes) is 23. The molecule has 0 aliphatic carbocycles. The predicted molar refractivity (Wildman–Crippen MR) is 327 cm³/mol. The van der Waals surface area contributed by atoms with E-state index < -0.39 is 24.3 Å². The van der Waals surface area contributed by atoms with Gasteiger partial charge in [0.15, 0.2) is 6.10 Å². The van der Waals surface area contributed by atoms with Crippen LogP contribution in [0, 0.1) is 0 Å². The van der Waals surface area contributed by atoms with Gasteiger partial charge in [0.05, 0.1) is 34.4 Å². The zero-order valence-corrected chi connectivity index (χ0v) is 50.1. The zero-order chi connectivity index (χ0) is 56.2. The maximum Gasteiger partial charge on any atom is 0.361 e. The molecule has 0 spiro atoms. The van der Waals surface area contributed by atoms with E-state index in [1.807, 2.05) is 21.1 Å². The minimum absolute atomic E-state index is 0.176. The van der Waals surface area contributed by atoms with Gasteiger partial charge in [0.1, 0.15) is 13.2 Å². The first-order chi connectivity index (χ1) is 37.6. The van der Waals surface area contributed by atoms with Crippen LogP contribution in [-0.4, -0.2) is 87.4 Å². The van der Waals surface area contributed by atoms with Crippen molar-refractivity contribution in [3.05, 3.63) is 109 Å². The highest BCUT2D eigenvalue weighted by molar-refractivity contribution is 5.71. The number of nitrogens with zero attached hydrogens (tertiary/aromatic N) is 1. The molecule has 0 fully saturated rings. The fourth-order valence-electron chi connectivity index (χ4n) is 8.30. The minimum Gasteiger partial charge on any atom is -0.477 e. The number of aliphatic carboxylic acids is 1. The Bertz CT molecular complexity index is 1630. The van der Waals surface area contributed by atoms with Gasteiger partial charge in [0.2, 0.25) is 0 Å². The Hall–Kier alpha value is -4.05. The molecule has 2 atom stereocenters. The maximum atomic E-state index is 12.9. The van der Waals surface area contributed by atoms with Crippen LogP contribution in [0.2, 0.25) is 0 Å². The van der Waals surface area contributed by atoms with Crippen molar-refractivity contribution in [2.45, 2.75) is 257 Å². The van der Waals surface area contributed by atoms with Crippen LogP contribution >= 0.6 is 0 Å². The Kier molecular flexibility index (Phi) is 55.1. The Labute approximate surface area is 473 Å². The summed E-state index contributed by atoms with van der Waals surface area (Å²) in [5.41, 5.74) is 0. The molecule has 0 bridgehead atoms. The van der Waals surface area contributed by atoms with E-state index in [1.54, 1.807) is 0 Å². The second-order valence-corrected chi connectivity index (χ2v) is 21.6. The lowest BCUT2D eigenvalue weighted by Gasteiger charge is -2.25. The molecule has 0 saturated carbocycles. The summed E-state index contributed by atoms with van der Waals surface area (Å²) in [4.78, 5) is 37.5. The second-order valence-electron chi connectivity index (χ2n) is 21.6. The smallest absolute Gasteiger partial charge is 0.361 e. The monoisotopic (exact) mass is 1070 g/mol. The molecule has 0 aromatic carbocycles. The summed E-state index contributed by atoms with van der Waals surface area (Å²) in [5.74, 6) is -2.05. The summed E-state index contributed by atoms with van der Waals surface area (Å²) in [6.07, 6.45) is 77.5. The van der Waals surface area contributed by atoms with Crippen LogP contribution in [0.15, 0.2) is 109 Å². The molecule has 0 heterocycles. The summed E-state index contributed by atoms with van der Waals surface area (Å²) in [6, 6.07) is 0. The molecule has 9 heteroatoms. The molecule has 0 radical (unpaired) electrons. The first-order valence-corrected chi connectivity index (χ1v) is 31.1. The van der Waals surface area contributed by atoms with Gasteiger partial charge in [-0.15, -0.1) is 0 Å². The first kappa shape index (κ1) is 73.0. The number of quaternary nitrogens is 1. The van der Waals surface area contributed by atoms with Crippen molar-refractivity contribution in [3.8, 4) is 0 Å². The molecular formula is C68H116NO8+. The number of esters is 2. The predicted octanol–water partition coefficient (Wildman–Crippen LogP) is 18.7. The standard InChI is InChI=1S/C68H115NO8/c1-6-8-10-12-14-16-18-20-22-24-26-28-29-30-31-32-33-34-35-36-37-39-41-43-45-47-49-51-53-55-57-59-66(71)77-64(63-76-68(67(72)73)74-61-60-69(3,4)5)62-75-65(70)58-56-54-52-50-48-46-44-42-40-38-27-25-23-21-19-17-15-13-11-9-7-2/h8,10,14,16,20,22,26,28,30-31,33-34,36-37,41,43,47,49,64,68H,6-7,9,11-13,15,17-19,21,23-25,27,29,32,35,38-40,42,44-46,48,50-63H2,1-5H3/p+1/b10-8-,16-14-,22-20-,28-26-,31-30-,34-33-,37-36-,43-41-,49-47-. The molecule has 0 saturated heterocycles. The molecule has 0 aromatic heterocycles. The van der Waals surface area contributed by atoms with Crippen LogP contribution in [0.1, 0.15) is 245 Å². The van der Waals surface area contributed by atoms with Crippen LogP contribution in [0.3, 0.4) is 0 Å². The number of carbonyl (C=O) groups excluding carboxylic acids is 2. The van der Waals surface area contributed by atoms with E-state index in [0.29, 0.717) is 23.9 Å². The normalized spacial score (nSPS) is 13.5. The summed E-state index contributed by atoms with van der Waals surface area (Å²) in [6.45, 7) is 4.74. The van der Waals surface area contributed by atoms with Gasteiger partial charge in [-0.2, -0.15) is 0 Å².